The molecule has 2 unspecified atom stereocenters. The van der Waals surface area contributed by atoms with Gasteiger partial charge in [0.15, 0.2) is 0 Å². The van der Waals surface area contributed by atoms with Gasteiger partial charge in [0.05, 0.1) is 5.92 Å². The predicted molar refractivity (Wildman–Crippen MR) is 97.9 cm³/mol. The van der Waals surface area contributed by atoms with Crippen molar-refractivity contribution in [2.75, 3.05) is 13.1 Å². The summed E-state index contributed by atoms with van der Waals surface area (Å²) in [6, 6.07) is 3.08. The number of aliphatic carboxylic acids is 2. The van der Waals surface area contributed by atoms with Crippen LogP contribution in [-0.4, -0.2) is 58.5 Å². The molecular weight excluding hydrogens is 372 g/mol. The van der Waals surface area contributed by atoms with Crippen molar-refractivity contribution < 1.29 is 34.5 Å². The number of amides is 4. The number of carbonyl (C=O) groups excluding carboxylic acids is 2. The molecule has 0 heterocycles. The van der Waals surface area contributed by atoms with Gasteiger partial charge in [-0.25, -0.2) is 14.4 Å². The van der Waals surface area contributed by atoms with Gasteiger partial charge in [0.1, 0.15) is 11.8 Å². The SMILES string of the molecule is NC(=O)NC(CCCCNC(=O)NCC(C(=O)O)c1ccc(O)cc1)C(=O)O. The third kappa shape index (κ3) is 8.25. The highest BCUT2D eigenvalue weighted by molar-refractivity contribution is 5.81. The molecule has 0 aliphatic rings. The Morgan fingerprint density at radius 1 is 0.964 bits per heavy atom. The summed E-state index contributed by atoms with van der Waals surface area (Å²) in [5.74, 6) is -3.27. The van der Waals surface area contributed by atoms with Crippen molar-refractivity contribution in [3.8, 4) is 5.75 Å². The van der Waals surface area contributed by atoms with Crippen molar-refractivity contribution >= 4 is 24.0 Å². The van der Waals surface area contributed by atoms with Gasteiger partial charge in [0.2, 0.25) is 0 Å². The molecule has 11 nitrogen and oxygen atoms in total. The molecule has 154 valence electrons. The monoisotopic (exact) mass is 396 g/mol. The van der Waals surface area contributed by atoms with Crippen LogP contribution in [0.1, 0.15) is 30.7 Å². The van der Waals surface area contributed by atoms with E-state index in [-0.39, 0.29) is 25.3 Å². The van der Waals surface area contributed by atoms with Crippen molar-refractivity contribution in [1.82, 2.24) is 16.0 Å². The lowest BCUT2D eigenvalue weighted by molar-refractivity contribution is -0.140. The Hall–Kier alpha value is -3.50. The minimum Gasteiger partial charge on any atom is -0.508 e. The number of unbranched alkanes of at least 4 members (excludes halogenated alkanes) is 1. The molecule has 0 aliphatic carbocycles. The first-order valence-corrected chi connectivity index (χ1v) is 8.53. The van der Waals surface area contributed by atoms with E-state index in [1.807, 2.05) is 0 Å². The van der Waals surface area contributed by atoms with E-state index in [9.17, 15) is 29.4 Å². The normalized spacial score (nSPS) is 12.4. The maximum Gasteiger partial charge on any atom is 0.326 e. The van der Waals surface area contributed by atoms with Gasteiger partial charge in [0.25, 0.3) is 0 Å². The van der Waals surface area contributed by atoms with E-state index in [0.29, 0.717) is 18.4 Å². The van der Waals surface area contributed by atoms with Crippen molar-refractivity contribution in [3.63, 3.8) is 0 Å². The lowest BCUT2D eigenvalue weighted by Crippen LogP contribution is -2.43. The molecule has 1 aromatic rings. The largest absolute Gasteiger partial charge is 0.508 e. The molecule has 0 aliphatic heterocycles. The third-order valence-corrected chi connectivity index (χ3v) is 3.88. The fourth-order valence-corrected chi connectivity index (χ4v) is 2.42. The Morgan fingerprint density at radius 2 is 1.61 bits per heavy atom. The van der Waals surface area contributed by atoms with E-state index in [0.717, 1.165) is 0 Å². The molecule has 0 bridgehead atoms. The first-order chi connectivity index (χ1) is 13.2. The lowest BCUT2D eigenvalue weighted by atomic mass is 9.99. The van der Waals surface area contributed by atoms with Crippen LogP contribution in [0.15, 0.2) is 24.3 Å². The second-order valence-corrected chi connectivity index (χ2v) is 6.01. The number of nitrogens with one attached hydrogen (secondary N) is 3. The van der Waals surface area contributed by atoms with Crippen molar-refractivity contribution in [2.24, 2.45) is 5.73 Å². The Bertz CT molecular complexity index is 693. The van der Waals surface area contributed by atoms with E-state index in [2.05, 4.69) is 16.0 Å². The van der Waals surface area contributed by atoms with Crippen LogP contribution in [0.4, 0.5) is 9.59 Å². The zero-order valence-corrected chi connectivity index (χ0v) is 15.1. The number of hydrogen-bond donors (Lipinski definition) is 7. The van der Waals surface area contributed by atoms with Gasteiger partial charge < -0.3 is 37.0 Å². The average molecular weight is 396 g/mol. The highest BCUT2D eigenvalue weighted by Crippen LogP contribution is 2.18. The molecule has 0 radical (unpaired) electrons. The summed E-state index contributed by atoms with van der Waals surface area (Å²) in [5, 5.41) is 34.6. The van der Waals surface area contributed by atoms with Gasteiger partial charge in [-0.1, -0.05) is 12.1 Å². The number of carboxylic acids is 2. The number of carboxylic acid groups (broad SMARTS) is 2. The Balaban J connectivity index is 2.33. The molecular formula is C17H24N4O7. The number of benzene rings is 1. The van der Waals surface area contributed by atoms with Gasteiger partial charge in [-0.15, -0.1) is 0 Å². The number of hydrogen-bond acceptors (Lipinski definition) is 5. The summed E-state index contributed by atoms with van der Waals surface area (Å²) in [5.41, 5.74) is 5.33. The van der Waals surface area contributed by atoms with Gasteiger partial charge in [-0.05, 0) is 37.0 Å². The van der Waals surface area contributed by atoms with Gasteiger partial charge in [-0.3, -0.25) is 4.79 Å². The number of urea groups is 2. The Morgan fingerprint density at radius 3 is 2.14 bits per heavy atom. The van der Waals surface area contributed by atoms with Crippen LogP contribution < -0.4 is 21.7 Å². The topological polar surface area (TPSA) is 191 Å². The number of nitrogens with two attached hydrogens (primary N) is 1. The molecule has 0 fully saturated rings. The summed E-state index contributed by atoms with van der Waals surface area (Å²) in [6.07, 6.45) is 1.03. The molecule has 4 amide bonds. The van der Waals surface area contributed by atoms with Crippen LogP contribution >= 0.6 is 0 Å². The number of phenolic OH excluding ortho intramolecular Hbond substituents is 1. The van der Waals surface area contributed by atoms with Gasteiger partial charge >= 0.3 is 24.0 Å². The summed E-state index contributed by atoms with van der Waals surface area (Å²) < 4.78 is 0. The summed E-state index contributed by atoms with van der Waals surface area (Å²) >= 11 is 0. The Labute approximate surface area is 160 Å². The number of aromatic hydroxyl groups is 1. The molecule has 1 rings (SSSR count). The first kappa shape index (κ1) is 22.5. The van der Waals surface area contributed by atoms with E-state index >= 15 is 0 Å². The van der Waals surface area contributed by atoms with Crippen LogP contribution in [0.5, 0.6) is 5.75 Å². The van der Waals surface area contributed by atoms with E-state index in [4.69, 9.17) is 10.8 Å². The second-order valence-electron chi connectivity index (χ2n) is 6.01. The van der Waals surface area contributed by atoms with Crippen LogP contribution in [0.2, 0.25) is 0 Å². The molecule has 11 heteroatoms. The fourth-order valence-electron chi connectivity index (χ4n) is 2.42. The summed E-state index contributed by atoms with van der Waals surface area (Å²) in [7, 11) is 0. The number of rotatable bonds is 11. The quantitative estimate of drug-likeness (QED) is 0.259. The number of primary amides is 1. The number of carbonyl (C=O) groups is 4. The van der Waals surface area contributed by atoms with Crippen molar-refractivity contribution in [1.29, 1.82) is 0 Å². The zero-order chi connectivity index (χ0) is 21.1. The molecule has 8 N–H and O–H groups in total. The highest BCUT2D eigenvalue weighted by Gasteiger charge is 2.21. The lowest BCUT2D eigenvalue weighted by Gasteiger charge is -2.15. The molecule has 0 aromatic heterocycles. The minimum absolute atomic E-state index is 0.00903. The van der Waals surface area contributed by atoms with Crippen LogP contribution in [-0.2, 0) is 9.59 Å². The highest BCUT2D eigenvalue weighted by atomic mass is 16.4. The van der Waals surface area contributed by atoms with Crippen LogP contribution in [0.3, 0.4) is 0 Å². The summed E-state index contributed by atoms with van der Waals surface area (Å²) in [4.78, 5) is 44.8. The van der Waals surface area contributed by atoms with E-state index in [1.54, 1.807) is 0 Å². The van der Waals surface area contributed by atoms with Crippen LogP contribution in [0, 0.1) is 0 Å². The van der Waals surface area contributed by atoms with Crippen molar-refractivity contribution in [3.05, 3.63) is 29.8 Å². The fraction of sp³-hybridized carbons (Fsp3) is 0.412. The third-order valence-electron chi connectivity index (χ3n) is 3.88. The van der Waals surface area contributed by atoms with E-state index in [1.165, 1.54) is 24.3 Å². The minimum atomic E-state index is -1.20. The smallest absolute Gasteiger partial charge is 0.326 e. The van der Waals surface area contributed by atoms with Gasteiger partial charge in [0, 0.05) is 13.1 Å². The Kier molecular flexibility index (Phi) is 9.07. The molecule has 0 saturated heterocycles. The molecule has 0 spiro atoms. The molecule has 28 heavy (non-hydrogen) atoms. The predicted octanol–water partition coefficient (Wildman–Crippen LogP) is 0.151. The van der Waals surface area contributed by atoms with Crippen molar-refractivity contribution in [2.45, 2.75) is 31.2 Å². The van der Waals surface area contributed by atoms with Gasteiger partial charge in [-0.2, -0.15) is 0 Å². The number of phenols is 1. The molecule has 2 atom stereocenters. The molecule has 0 saturated carbocycles. The molecule has 1 aromatic carbocycles. The summed E-state index contributed by atoms with van der Waals surface area (Å²) in [6.45, 7) is 0.0985. The second kappa shape index (κ2) is 11.3. The maximum atomic E-state index is 11.8. The first-order valence-electron chi connectivity index (χ1n) is 8.53. The van der Waals surface area contributed by atoms with Crippen LogP contribution in [0.25, 0.3) is 0 Å². The average Bonchev–Trinajstić information content (AvgIpc) is 2.61. The maximum absolute atomic E-state index is 11.8. The zero-order valence-electron chi connectivity index (χ0n) is 15.1. The van der Waals surface area contributed by atoms with E-state index < -0.39 is 36.0 Å². The standard InChI is InChI=1S/C17H24N4O7/c18-16(27)21-13(15(25)26)3-1-2-8-19-17(28)20-9-12(14(23)24)10-4-6-11(22)7-5-10/h4-7,12-13,22H,1-3,8-9H2,(H,23,24)(H,25,26)(H3,18,21,27)(H2,19,20,28).